The number of rotatable bonds is 3. The van der Waals surface area contributed by atoms with Gasteiger partial charge in [-0.25, -0.2) is 4.39 Å². The molecule has 0 fully saturated rings. The predicted octanol–water partition coefficient (Wildman–Crippen LogP) is 4.47. The Hall–Kier alpha value is -1.84. The molecular formula is C16H13ClFNO. The number of benzene rings is 2. The molecule has 0 saturated carbocycles. The first-order valence-corrected chi connectivity index (χ1v) is 6.69. The van der Waals surface area contributed by atoms with Crippen LogP contribution in [-0.4, -0.2) is 0 Å². The molecule has 3 rings (SSSR count). The second-order valence-corrected chi connectivity index (χ2v) is 5.09. The van der Waals surface area contributed by atoms with E-state index in [1.54, 1.807) is 18.4 Å². The van der Waals surface area contributed by atoms with E-state index in [9.17, 15) is 4.39 Å². The number of nitrogens with two attached hydrogens (primary N) is 1. The number of hydrogen-bond acceptors (Lipinski definition) is 2. The topological polar surface area (TPSA) is 39.2 Å². The maximum atomic E-state index is 13.4. The minimum Gasteiger partial charge on any atom is -0.464 e. The van der Waals surface area contributed by atoms with Gasteiger partial charge in [0.15, 0.2) is 0 Å². The van der Waals surface area contributed by atoms with E-state index in [1.807, 2.05) is 24.3 Å². The van der Waals surface area contributed by atoms with Gasteiger partial charge in [0.1, 0.15) is 11.4 Å². The third-order valence-corrected chi connectivity index (χ3v) is 3.81. The van der Waals surface area contributed by atoms with Crippen LogP contribution in [0.4, 0.5) is 4.39 Å². The van der Waals surface area contributed by atoms with Gasteiger partial charge in [-0.05, 0) is 24.1 Å². The van der Waals surface area contributed by atoms with Crippen LogP contribution in [0.25, 0.3) is 11.0 Å². The molecule has 3 aromatic rings. The fourth-order valence-electron chi connectivity index (χ4n) is 2.34. The maximum Gasteiger partial charge on any atom is 0.142 e. The van der Waals surface area contributed by atoms with E-state index in [4.69, 9.17) is 21.8 Å². The third-order valence-electron chi connectivity index (χ3n) is 3.38. The Labute approximate surface area is 121 Å². The molecule has 102 valence electrons. The van der Waals surface area contributed by atoms with Crippen molar-refractivity contribution in [1.82, 2.24) is 0 Å². The highest BCUT2D eigenvalue weighted by atomic mass is 35.5. The molecule has 0 amide bonds. The standard InChI is InChI=1S/C16H13ClFNO/c17-16-10(4-3-6-13(16)18)8-14(19)12-9-20-15-7-2-1-5-11(12)15/h1-7,9,14H,8,19H2. The summed E-state index contributed by atoms with van der Waals surface area (Å²) in [5, 5.41) is 1.11. The van der Waals surface area contributed by atoms with Crippen LogP contribution in [0.15, 0.2) is 53.1 Å². The van der Waals surface area contributed by atoms with Gasteiger partial charge in [-0.3, -0.25) is 0 Å². The van der Waals surface area contributed by atoms with Crippen molar-refractivity contribution in [3.63, 3.8) is 0 Å². The van der Waals surface area contributed by atoms with Crippen molar-refractivity contribution in [2.45, 2.75) is 12.5 Å². The first kappa shape index (κ1) is 13.2. The van der Waals surface area contributed by atoms with E-state index in [0.29, 0.717) is 12.0 Å². The molecule has 1 atom stereocenters. The Bertz CT molecular complexity index is 753. The lowest BCUT2D eigenvalue weighted by atomic mass is 9.99. The van der Waals surface area contributed by atoms with E-state index in [1.165, 1.54) is 6.07 Å². The zero-order chi connectivity index (χ0) is 14.1. The quantitative estimate of drug-likeness (QED) is 0.773. The summed E-state index contributed by atoms with van der Waals surface area (Å²) in [6.45, 7) is 0. The van der Waals surface area contributed by atoms with Crippen LogP contribution in [0.5, 0.6) is 0 Å². The maximum absolute atomic E-state index is 13.4. The highest BCUT2D eigenvalue weighted by Crippen LogP contribution is 2.29. The van der Waals surface area contributed by atoms with Crippen molar-refractivity contribution in [3.05, 3.63) is 70.7 Å². The van der Waals surface area contributed by atoms with Gasteiger partial charge in [0.25, 0.3) is 0 Å². The number of para-hydroxylation sites is 1. The van der Waals surface area contributed by atoms with Crippen LogP contribution >= 0.6 is 11.6 Å². The molecule has 1 unspecified atom stereocenters. The lowest BCUT2D eigenvalue weighted by Crippen LogP contribution is -2.13. The molecule has 1 heterocycles. The van der Waals surface area contributed by atoms with E-state index in [-0.39, 0.29) is 11.1 Å². The van der Waals surface area contributed by atoms with Crippen LogP contribution < -0.4 is 5.73 Å². The van der Waals surface area contributed by atoms with Crippen molar-refractivity contribution >= 4 is 22.6 Å². The van der Waals surface area contributed by atoms with E-state index in [2.05, 4.69) is 0 Å². The Kier molecular flexibility index (Phi) is 3.47. The molecule has 0 spiro atoms. The van der Waals surface area contributed by atoms with E-state index < -0.39 is 5.82 Å². The molecule has 1 aromatic heterocycles. The molecule has 0 aliphatic rings. The molecule has 2 N–H and O–H groups in total. The van der Waals surface area contributed by atoms with Gasteiger partial charge in [0.05, 0.1) is 11.3 Å². The second-order valence-electron chi connectivity index (χ2n) is 4.71. The Balaban J connectivity index is 1.93. The van der Waals surface area contributed by atoms with Crippen LogP contribution in [0.2, 0.25) is 5.02 Å². The summed E-state index contributed by atoms with van der Waals surface area (Å²) in [5.74, 6) is -0.423. The molecule has 2 nitrogen and oxygen atoms in total. The molecule has 0 saturated heterocycles. The fraction of sp³-hybridized carbons (Fsp3) is 0.125. The number of furan rings is 1. The van der Waals surface area contributed by atoms with Gasteiger partial charge in [-0.15, -0.1) is 0 Å². The monoisotopic (exact) mass is 289 g/mol. The summed E-state index contributed by atoms with van der Waals surface area (Å²) < 4.78 is 18.9. The summed E-state index contributed by atoms with van der Waals surface area (Å²) >= 11 is 5.96. The minimum absolute atomic E-state index is 0.135. The van der Waals surface area contributed by atoms with Crippen LogP contribution in [0.1, 0.15) is 17.2 Å². The smallest absolute Gasteiger partial charge is 0.142 e. The average Bonchev–Trinajstić information content (AvgIpc) is 2.88. The van der Waals surface area contributed by atoms with E-state index in [0.717, 1.165) is 16.5 Å². The Morgan fingerprint density at radius 1 is 1.15 bits per heavy atom. The second kappa shape index (κ2) is 5.27. The summed E-state index contributed by atoms with van der Waals surface area (Å²) in [6, 6.07) is 12.2. The lowest BCUT2D eigenvalue weighted by molar-refractivity contribution is 0.597. The van der Waals surface area contributed by atoms with Crippen LogP contribution in [-0.2, 0) is 6.42 Å². The van der Waals surface area contributed by atoms with Gasteiger partial charge in [-0.1, -0.05) is 41.9 Å². The molecule has 0 radical (unpaired) electrons. The summed E-state index contributed by atoms with van der Waals surface area (Å²) in [7, 11) is 0. The normalized spacial score (nSPS) is 12.8. The molecule has 0 bridgehead atoms. The van der Waals surface area contributed by atoms with Gasteiger partial charge in [0, 0.05) is 17.0 Å². The first-order valence-electron chi connectivity index (χ1n) is 6.31. The largest absolute Gasteiger partial charge is 0.464 e. The molecule has 20 heavy (non-hydrogen) atoms. The van der Waals surface area contributed by atoms with Crippen molar-refractivity contribution in [1.29, 1.82) is 0 Å². The molecule has 0 aliphatic carbocycles. The SMILES string of the molecule is NC(Cc1cccc(F)c1Cl)c1coc2ccccc12. The molecule has 0 aliphatic heterocycles. The average molecular weight is 290 g/mol. The highest BCUT2D eigenvalue weighted by Gasteiger charge is 2.16. The van der Waals surface area contributed by atoms with Crippen molar-refractivity contribution in [2.75, 3.05) is 0 Å². The molecule has 2 aromatic carbocycles. The van der Waals surface area contributed by atoms with Crippen molar-refractivity contribution < 1.29 is 8.81 Å². The third kappa shape index (κ3) is 2.30. The number of fused-ring (bicyclic) bond motifs is 1. The Morgan fingerprint density at radius 2 is 1.95 bits per heavy atom. The van der Waals surface area contributed by atoms with Gasteiger partial charge < -0.3 is 10.2 Å². The molecule has 4 heteroatoms. The van der Waals surface area contributed by atoms with Crippen LogP contribution in [0, 0.1) is 5.82 Å². The summed E-state index contributed by atoms with van der Waals surface area (Å²) in [4.78, 5) is 0. The zero-order valence-corrected chi connectivity index (χ0v) is 11.4. The predicted molar refractivity (Wildman–Crippen MR) is 78.3 cm³/mol. The number of hydrogen-bond donors (Lipinski definition) is 1. The van der Waals surface area contributed by atoms with Gasteiger partial charge >= 0.3 is 0 Å². The Morgan fingerprint density at radius 3 is 2.80 bits per heavy atom. The number of halogens is 2. The fourth-order valence-corrected chi connectivity index (χ4v) is 2.54. The van der Waals surface area contributed by atoms with Gasteiger partial charge in [-0.2, -0.15) is 0 Å². The van der Waals surface area contributed by atoms with E-state index >= 15 is 0 Å². The summed E-state index contributed by atoms with van der Waals surface area (Å²) in [5.41, 5.74) is 8.61. The van der Waals surface area contributed by atoms with Crippen LogP contribution in [0.3, 0.4) is 0 Å². The van der Waals surface area contributed by atoms with Gasteiger partial charge in [0.2, 0.25) is 0 Å². The zero-order valence-electron chi connectivity index (χ0n) is 10.6. The lowest BCUT2D eigenvalue weighted by Gasteiger charge is -2.12. The highest BCUT2D eigenvalue weighted by molar-refractivity contribution is 6.31. The summed E-state index contributed by atoms with van der Waals surface area (Å²) in [6.07, 6.45) is 2.11. The van der Waals surface area contributed by atoms with Crippen molar-refractivity contribution in [2.24, 2.45) is 5.73 Å². The first-order chi connectivity index (χ1) is 9.66. The van der Waals surface area contributed by atoms with Crippen molar-refractivity contribution in [3.8, 4) is 0 Å². The minimum atomic E-state index is -0.423. The molecular weight excluding hydrogens is 277 g/mol.